The molecule has 1 N–H and O–H groups in total. The number of likely N-dealkylation sites (N-methyl/N-ethyl adjacent to an activating group) is 2. The lowest BCUT2D eigenvalue weighted by Gasteiger charge is -2.20. The van der Waals surface area contributed by atoms with Crippen molar-refractivity contribution in [1.82, 2.24) is 10.2 Å². The Morgan fingerprint density at radius 1 is 1.29 bits per heavy atom. The Morgan fingerprint density at radius 3 is 2.65 bits per heavy atom. The van der Waals surface area contributed by atoms with Gasteiger partial charge in [-0.2, -0.15) is 0 Å². The third kappa shape index (κ3) is 6.41. The molecule has 96 valence electrons. The molecule has 1 atom stereocenters. The molecule has 0 heterocycles. The van der Waals surface area contributed by atoms with Crippen molar-refractivity contribution in [3.8, 4) is 0 Å². The summed E-state index contributed by atoms with van der Waals surface area (Å²) in [6.45, 7) is 5.68. The first kappa shape index (κ1) is 14.2. The lowest BCUT2D eigenvalue weighted by Crippen LogP contribution is -2.36. The van der Waals surface area contributed by atoms with Crippen LogP contribution in [0.1, 0.15) is 12.5 Å². The van der Waals surface area contributed by atoms with Gasteiger partial charge < -0.3 is 15.0 Å². The van der Waals surface area contributed by atoms with Crippen LogP contribution in [0.5, 0.6) is 0 Å². The minimum Gasteiger partial charge on any atom is -0.375 e. The number of ether oxygens (including phenoxy) is 1. The van der Waals surface area contributed by atoms with Crippen molar-refractivity contribution in [3.63, 3.8) is 0 Å². The molecule has 17 heavy (non-hydrogen) atoms. The van der Waals surface area contributed by atoms with Crippen LogP contribution in [-0.4, -0.2) is 44.7 Å². The normalized spacial score (nSPS) is 12.9. The standard InChI is InChI=1S/C14H24N2O/c1-13(15-2)11-16(3)9-10-17-12-14-7-5-4-6-8-14/h4-8,13,15H,9-12H2,1-3H3/t13-/m0/s1. The minimum atomic E-state index is 0.522. The molecule has 0 aliphatic rings. The Kier molecular flexibility index (Phi) is 6.86. The molecule has 0 amide bonds. The Labute approximate surface area is 105 Å². The van der Waals surface area contributed by atoms with Crippen LogP contribution in [-0.2, 0) is 11.3 Å². The number of benzene rings is 1. The van der Waals surface area contributed by atoms with Gasteiger partial charge in [-0.1, -0.05) is 30.3 Å². The van der Waals surface area contributed by atoms with Gasteiger partial charge in [0.1, 0.15) is 0 Å². The van der Waals surface area contributed by atoms with E-state index in [1.165, 1.54) is 5.56 Å². The molecule has 3 nitrogen and oxygen atoms in total. The van der Waals surface area contributed by atoms with Crippen molar-refractivity contribution in [2.75, 3.05) is 33.8 Å². The molecule has 0 bridgehead atoms. The molecule has 0 saturated carbocycles. The number of nitrogens with zero attached hydrogens (tertiary/aromatic N) is 1. The maximum Gasteiger partial charge on any atom is 0.0717 e. The van der Waals surface area contributed by atoms with Crippen molar-refractivity contribution in [2.45, 2.75) is 19.6 Å². The summed E-state index contributed by atoms with van der Waals surface area (Å²) in [7, 11) is 4.12. The zero-order valence-corrected chi connectivity index (χ0v) is 11.1. The van der Waals surface area contributed by atoms with Crippen LogP contribution in [0.25, 0.3) is 0 Å². The van der Waals surface area contributed by atoms with Gasteiger partial charge in [0.25, 0.3) is 0 Å². The lowest BCUT2D eigenvalue weighted by atomic mass is 10.2. The monoisotopic (exact) mass is 236 g/mol. The molecule has 0 aromatic heterocycles. The highest BCUT2D eigenvalue weighted by atomic mass is 16.5. The zero-order chi connectivity index (χ0) is 12.5. The fourth-order valence-corrected chi connectivity index (χ4v) is 1.63. The van der Waals surface area contributed by atoms with E-state index in [2.05, 4.69) is 36.3 Å². The largest absolute Gasteiger partial charge is 0.375 e. The summed E-state index contributed by atoms with van der Waals surface area (Å²) in [6, 6.07) is 10.8. The Morgan fingerprint density at radius 2 is 2.00 bits per heavy atom. The highest BCUT2D eigenvalue weighted by molar-refractivity contribution is 5.13. The van der Waals surface area contributed by atoms with Crippen LogP contribution in [0.4, 0.5) is 0 Å². The highest BCUT2D eigenvalue weighted by Gasteiger charge is 2.03. The Hall–Kier alpha value is -0.900. The van der Waals surface area contributed by atoms with Crippen LogP contribution in [0.2, 0.25) is 0 Å². The van der Waals surface area contributed by atoms with E-state index in [4.69, 9.17) is 4.74 Å². The third-order valence-corrected chi connectivity index (χ3v) is 2.81. The van der Waals surface area contributed by atoms with Gasteiger partial charge in [-0.25, -0.2) is 0 Å². The average molecular weight is 236 g/mol. The first-order chi connectivity index (χ1) is 8.22. The number of hydrogen-bond donors (Lipinski definition) is 1. The second-order valence-corrected chi connectivity index (χ2v) is 4.49. The first-order valence-electron chi connectivity index (χ1n) is 6.20. The molecule has 0 unspecified atom stereocenters. The predicted octanol–water partition coefficient (Wildman–Crippen LogP) is 1.74. The molecule has 3 heteroatoms. The van der Waals surface area contributed by atoms with E-state index in [1.807, 2.05) is 25.2 Å². The Balaban J connectivity index is 2.08. The topological polar surface area (TPSA) is 24.5 Å². The van der Waals surface area contributed by atoms with Gasteiger partial charge >= 0.3 is 0 Å². The summed E-state index contributed by atoms with van der Waals surface area (Å²) < 4.78 is 5.64. The average Bonchev–Trinajstić information content (AvgIpc) is 2.36. The summed E-state index contributed by atoms with van der Waals surface area (Å²) in [5, 5.41) is 3.23. The van der Waals surface area contributed by atoms with E-state index in [0.29, 0.717) is 12.6 Å². The highest BCUT2D eigenvalue weighted by Crippen LogP contribution is 2.00. The zero-order valence-electron chi connectivity index (χ0n) is 11.1. The van der Waals surface area contributed by atoms with Gasteiger partial charge in [-0.15, -0.1) is 0 Å². The number of hydrogen-bond acceptors (Lipinski definition) is 3. The van der Waals surface area contributed by atoms with Crippen molar-refractivity contribution >= 4 is 0 Å². The van der Waals surface area contributed by atoms with Gasteiger partial charge in [0.2, 0.25) is 0 Å². The summed E-state index contributed by atoms with van der Waals surface area (Å²) in [5.41, 5.74) is 1.23. The molecular formula is C14H24N2O. The first-order valence-corrected chi connectivity index (χ1v) is 6.20. The van der Waals surface area contributed by atoms with E-state index < -0.39 is 0 Å². The molecule has 0 aliphatic heterocycles. The summed E-state index contributed by atoms with van der Waals surface area (Å²) in [6.07, 6.45) is 0. The smallest absolute Gasteiger partial charge is 0.0717 e. The van der Waals surface area contributed by atoms with Crippen molar-refractivity contribution in [3.05, 3.63) is 35.9 Å². The molecule has 0 aliphatic carbocycles. The summed E-state index contributed by atoms with van der Waals surface area (Å²) in [5.74, 6) is 0. The van der Waals surface area contributed by atoms with Gasteiger partial charge in [0, 0.05) is 19.1 Å². The van der Waals surface area contributed by atoms with Crippen LogP contribution >= 0.6 is 0 Å². The molecular weight excluding hydrogens is 212 g/mol. The third-order valence-electron chi connectivity index (χ3n) is 2.81. The van der Waals surface area contributed by atoms with Gasteiger partial charge in [-0.05, 0) is 26.6 Å². The molecule has 1 aromatic rings. The Bertz CT molecular complexity index is 290. The van der Waals surface area contributed by atoms with Gasteiger partial charge in [0.05, 0.1) is 13.2 Å². The molecule has 0 radical (unpaired) electrons. The molecule has 0 spiro atoms. The fraction of sp³-hybridized carbons (Fsp3) is 0.571. The van der Waals surface area contributed by atoms with Crippen molar-refractivity contribution in [1.29, 1.82) is 0 Å². The predicted molar refractivity (Wildman–Crippen MR) is 72.1 cm³/mol. The molecule has 0 saturated heterocycles. The van der Waals surface area contributed by atoms with E-state index in [9.17, 15) is 0 Å². The molecule has 1 aromatic carbocycles. The SMILES string of the molecule is CN[C@@H](C)CN(C)CCOCc1ccccc1. The van der Waals surface area contributed by atoms with Crippen molar-refractivity contribution < 1.29 is 4.74 Å². The van der Waals surface area contributed by atoms with E-state index in [1.54, 1.807) is 0 Å². The van der Waals surface area contributed by atoms with Crippen LogP contribution in [0.15, 0.2) is 30.3 Å². The van der Waals surface area contributed by atoms with Crippen molar-refractivity contribution in [2.24, 2.45) is 0 Å². The lowest BCUT2D eigenvalue weighted by molar-refractivity contribution is 0.0978. The van der Waals surface area contributed by atoms with Gasteiger partial charge in [-0.3, -0.25) is 0 Å². The van der Waals surface area contributed by atoms with E-state index in [0.717, 1.165) is 19.7 Å². The van der Waals surface area contributed by atoms with E-state index in [-0.39, 0.29) is 0 Å². The minimum absolute atomic E-state index is 0.522. The van der Waals surface area contributed by atoms with Gasteiger partial charge in [0.15, 0.2) is 0 Å². The number of rotatable bonds is 8. The summed E-state index contributed by atoms with van der Waals surface area (Å²) >= 11 is 0. The number of nitrogens with one attached hydrogen (secondary N) is 1. The van der Waals surface area contributed by atoms with Crippen LogP contribution < -0.4 is 5.32 Å². The van der Waals surface area contributed by atoms with E-state index >= 15 is 0 Å². The summed E-state index contributed by atoms with van der Waals surface area (Å²) in [4.78, 5) is 2.28. The molecule has 0 fully saturated rings. The second kappa shape index (κ2) is 8.23. The molecule has 1 rings (SSSR count). The van der Waals surface area contributed by atoms with Crippen LogP contribution in [0.3, 0.4) is 0 Å². The second-order valence-electron chi connectivity index (χ2n) is 4.49. The maximum absolute atomic E-state index is 5.64. The fourth-order valence-electron chi connectivity index (χ4n) is 1.63. The van der Waals surface area contributed by atoms with Crippen LogP contribution in [0, 0.1) is 0 Å². The quantitative estimate of drug-likeness (QED) is 0.696. The maximum atomic E-state index is 5.64.